The molecule has 1 atom stereocenters. The van der Waals surface area contributed by atoms with E-state index in [0.29, 0.717) is 36.0 Å². The Hall–Kier alpha value is -4.59. The molecule has 0 bridgehead atoms. The number of pyridine rings is 1. The first kappa shape index (κ1) is 28.5. The van der Waals surface area contributed by atoms with E-state index in [0.717, 1.165) is 34.9 Å². The predicted octanol–water partition coefficient (Wildman–Crippen LogP) is 6.76. The maximum absolute atomic E-state index is 13.9. The Morgan fingerprint density at radius 3 is 2.30 bits per heavy atom. The van der Waals surface area contributed by atoms with Gasteiger partial charge in [-0.15, -0.1) is 5.10 Å². The van der Waals surface area contributed by atoms with Crippen molar-refractivity contribution < 1.29 is 0 Å². The van der Waals surface area contributed by atoms with Crippen LogP contribution in [-0.4, -0.2) is 30.1 Å². The summed E-state index contributed by atoms with van der Waals surface area (Å²) in [6.07, 6.45) is 1.65. The monoisotopic (exact) mass is 588 g/mol. The predicted molar refractivity (Wildman–Crippen MR) is 171 cm³/mol. The van der Waals surface area contributed by atoms with E-state index in [9.17, 15) is 4.79 Å². The van der Waals surface area contributed by atoms with E-state index in [1.807, 2.05) is 77.5 Å². The summed E-state index contributed by atoms with van der Waals surface area (Å²) in [4.78, 5) is 19.3. The number of hydrogen-bond donors (Lipinski definition) is 1. The number of H-pyrrole nitrogens is 1. The number of aromatic amines is 1. The zero-order valence-corrected chi connectivity index (χ0v) is 24.8. The van der Waals surface area contributed by atoms with Crippen molar-refractivity contribution in [3.63, 3.8) is 0 Å². The minimum Gasteiger partial charge on any atom is -0.322 e. The lowest BCUT2D eigenvalue weighted by Gasteiger charge is -2.31. The smallest absolute Gasteiger partial charge is 0.253 e. The van der Waals surface area contributed by atoms with Crippen molar-refractivity contribution in [3.05, 3.63) is 158 Å². The molecule has 6 rings (SSSR count). The third-order valence-electron chi connectivity index (χ3n) is 7.82. The second-order valence-corrected chi connectivity index (χ2v) is 11.1. The Bertz CT molecular complexity index is 1870. The third kappa shape index (κ3) is 6.58. The van der Waals surface area contributed by atoms with Crippen molar-refractivity contribution in [1.29, 1.82) is 0 Å². The maximum Gasteiger partial charge on any atom is 0.253 e. The lowest BCUT2D eigenvalue weighted by atomic mass is 10.00. The summed E-state index contributed by atoms with van der Waals surface area (Å²) in [5, 5.41) is 14.7. The van der Waals surface area contributed by atoms with E-state index in [1.54, 1.807) is 0 Å². The quantitative estimate of drug-likeness (QED) is 0.181. The van der Waals surface area contributed by atoms with Gasteiger partial charge >= 0.3 is 0 Å². The van der Waals surface area contributed by atoms with Gasteiger partial charge in [-0.1, -0.05) is 103 Å². The molecule has 0 saturated heterocycles. The van der Waals surface area contributed by atoms with Gasteiger partial charge < -0.3 is 4.98 Å². The molecular formula is C35H33ClN6O. The number of aromatic nitrogens is 5. The topological polar surface area (TPSA) is 79.7 Å². The Morgan fingerprint density at radius 1 is 0.837 bits per heavy atom. The van der Waals surface area contributed by atoms with Crippen molar-refractivity contribution in [3.8, 4) is 0 Å². The molecule has 0 aliphatic rings. The third-order valence-corrected chi connectivity index (χ3v) is 8.19. The number of fused-ring (bicyclic) bond motifs is 1. The van der Waals surface area contributed by atoms with Crippen LogP contribution in [0.15, 0.2) is 114 Å². The Morgan fingerprint density at radius 2 is 1.56 bits per heavy atom. The number of benzene rings is 4. The van der Waals surface area contributed by atoms with Crippen molar-refractivity contribution in [2.24, 2.45) is 0 Å². The van der Waals surface area contributed by atoms with Crippen LogP contribution in [0, 0.1) is 0 Å². The fourth-order valence-corrected chi connectivity index (χ4v) is 5.74. The van der Waals surface area contributed by atoms with Crippen LogP contribution in [0.2, 0.25) is 5.02 Å². The van der Waals surface area contributed by atoms with Crippen molar-refractivity contribution >= 4 is 22.5 Å². The summed E-state index contributed by atoms with van der Waals surface area (Å²) in [5.74, 6) is 0.607. The normalized spacial score (nSPS) is 12.2. The van der Waals surface area contributed by atoms with Crippen LogP contribution < -0.4 is 5.56 Å². The van der Waals surface area contributed by atoms with Crippen LogP contribution >= 0.6 is 11.6 Å². The van der Waals surface area contributed by atoms with Gasteiger partial charge in [0.05, 0.1) is 0 Å². The zero-order chi connectivity index (χ0) is 29.6. The number of rotatable bonds is 11. The highest BCUT2D eigenvalue weighted by atomic mass is 35.5. The molecule has 4 aromatic carbocycles. The van der Waals surface area contributed by atoms with Crippen LogP contribution in [0.5, 0.6) is 0 Å². The average molecular weight is 589 g/mol. The summed E-state index contributed by atoms with van der Waals surface area (Å²) in [6, 6.07) is 35.9. The first-order valence-electron chi connectivity index (χ1n) is 14.6. The van der Waals surface area contributed by atoms with Gasteiger partial charge in [0.2, 0.25) is 0 Å². The molecule has 216 valence electrons. The summed E-state index contributed by atoms with van der Waals surface area (Å²) >= 11 is 6.70. The van der Waals surface area contributed by atoms with Crippen molar-refractivity contribution in [1.82, 2.24) is 30.1 Å². The standard InChI is InChI=1S/C35H33ClN6O/c1-2-25-17-18-32-29(21-25)22-30(35(43)37-32)33(34-38-39-40-42(34)20-19-26-11-5-3-6-12-26)41(23-27-13-7-4-8-14-27)24-28-15-9-10-16-31(28)36/h3-18,21-22,33H,2,19-20,23-24H2,1H3,(H,37,43). The molecule has 0 saturated carbocycles. The lowest BCUT2D eigenvalue weighted by molar-refractivity contribution is 0.193. The number of hydrogen-bond acceptors (Lipinski definition) is 5. The maximum atomic E-state index is 13.9. The van der Waals surface area contributed by atoms with Gasteiger partial charge in [-0.2, -0.15) is 0 Å². The lowest BCUT2D eigenvalue weighted by Crippen LogP contribution is -2.35. The van der Waals surface area contributed by atoms with Gasteiger partial charge in [-0.05, 0) is 75.2 Å². The van der Waals surface area contributed by atoms with Gasteiger partial charge in [-0.25, -0.2) is 4.68 Å². The minimum atomic E-state index is -0.555. The first-order chi connectivity index (χ1) is 21.1. The summed E-state index contributed by atoms with van der Waals surface area (Å²) in [6.45, 7) is 3.73. The number of halogens is 1. The highest BCUT2D eigenvalue weighted by Gasteiger charge is 2.31. The summed E-state index contributed by atoms with van der Waals surface area (Å²) < 4.78 is 1.83. The number of nitrogens with one attached hydrogen (secondary N) is 1. The number of nitrogens with zero attached hydrogens (tertiary/aromatic N) is 5. The highest BCUT2D eigenvalue weighted by Crippen LogP contribution is 2.31. The molecule has 0 fully saturated rings. The molecule has 7 nitrogen and oxygen atoms in total. The van der Waals surface area contributed by atoms with Crippen molar-refractivity contribution in [2.75, 3.05) is 0 Å². The molecule has 1 unspecified atom stereocenters. The van der Waals surface area contributed by atoms with Crippen LogP contribution in [0.1, 0.15) is 46.6 Å². The Balaban J connectivity index is 1.50. The largest absolute Gasteiger partial charge is 0.322 e. The average Bonchev–Trinajstić information content (AvgIpc) is 3.50. The van der Waals surface area contributed by atoms with Gasteiger partial charge in [0.25, 0.3) is 5.56 Å². The second kappa shape index (κ2) is 13.2. The van der Waals surface area contributed by atoms with Gasteiger partial charge in [0.15, 0.2) is 5.82 Å². The van der Waals surface area contributed by atoms with E-state index in [4.69, 9.17) is 11.6 Å². The van der Waals surface area contributed by atoms with Crippen LogP contribution in [-0.2, 0) is 32.5 Å². The van der Waals surface area contributed by atoms with Crippen LogP contribution in [0.4, 0.5) is 0 Å². The second-order valence-electron chi connectivity index (χ2n) is 10.7. The molecule has 8 heteroatoms. The molecule has 0 aliphatic carbocycles. The van der Waals surface area contributed by atoms with E-state index >= 15 is 0 Å². The molecule has 2 heterocycles. The van der Waals surface area contributed by atoms with E-state index in [1.165, 1.54) is 11.1 Å². The Labute approximate surface area is 255 Å². The van der Waals surface area contributed by atoms with Gasteiger partial charge in [-0.3, -0.25) is 9.69 Å². The minimum absolute atomic E-state index is 0.170. The first-order valence-corrected chi connectivity index (χ1v) is 14.9. The van der Waals surface area contributed by atoms with Crippen LogP contribution in [0.3, 0.4) is 0 Å². The van der Waals surface area contributed by atoms with E-state index in [-0.39, 0.29) is 5.56 Å². The van der Waals surface area contributed by atoms with Gasteiger partial charge in [0.1, 0.15) is 6.04 Å². The van der Waals surface area contributed by atoms with E-state index < -0.39 is 6.04 Å². The number of tetrazole rings is 1. The summed E-state index contributed by atoms with van der Waals surface area (Å²) in [7, 11) is 0. The molecule has 6 aromatic rings. The molecule has 0 amide bonds. The molecular weight excluding hydrogens is 556 g/mol. The SMILES string of the molecule is CCc1ccc2[nH]c(=O)c(C(c3nnnn3CCc3ccccc3)N(Cc3ccccc3)Cc3ccccc3Cl)cc2c1. The molecule has 0 aliphatic heterocycles. The molecule has 43 heavy (non-hydrogen) atoms. The van der Waals surface area contributed by atoms with Crippen LogP contribution in [0.25, 0.3) is 10.9 Å². The molecule has 0 radical (unpaired) electrons. The number of aryl methyl sites for hydroxylation is 3. The zero-order valence-electron chi connectivity index (χ0n) is 24.0. The fraction of sp³-hybridized carbons (Fsp3) is 0.200. The highest BCUT2D eigenvalue weighted by molar-refractivity contribution is 6.31. The molecule has 0 spiro atoms. The molecule has 2 aromatic heterocycles. The van der Waals surface area contributed by atoms with Gasteiger partial charge in [0, 0.05) is 35.7 Å². The molecule has 1 N–H and O–H groups in total. The summed E-state index contributed by atoms with van der Waals surface area (Å²) in [5.41, 5.74) is 5.66. The van der Waals surface area contributed by atoms with Crippen molar-refractivity contribution in [2.45, 2.75) is 45.4 Å². The fourth-order valence-electron chi connectivity index (χ4n) is 5.54. The van der Waals surface area contributed by atoms with E-state index in [2.05, 4.69) is 68.7 Å². The Kier molecular flexibility index (Phi) is 8.72.